The van der Waals surface area contributed by atoms with Gasteiger partial charge in [0.1, 0.15) is 24.7 Å². The van der Waals surface area contributed by atoms with E-state index < -0.39 is 0 Å². The van der Waals surface area contributed by atoms with E-state index in [-0.39, 0.29) is 0 Å². The molecule has 0 amide bonds. The summed E-state index contributed by atoms with van der Waals surface area (Å²) in [5.74, 6) is 1.31. The molecule has 1 aromatic heterocycles. The van der Waals surface area contributed by atoms with Gasteiger partial charge in [0, 0.05) is 44.1 Å². The van der Waals surface area contributed by atoms with Gasteiger partial charge in [0.25, 0.3) is 0 Å². The first-order chi connectivity index (χ1) is 22.5. The number of nitrogens with one attached hydrogen (secondary N) is 2. The van der Waals surface area contributed by atoms with Crippen molar-refractivity contribution in [3.8, 4) is 5.75 Å². The molecule has 0 bridgehead atoms. The molecular formula is C36H49N7O3. The molecule has 5 rings (SSSR count). The summed E-state index contributed by atoms with van der Waals surface area (Å²) in [5.41, 5.74) is 19.3. The third kappa shape index (κ3) is 9.97. The van der Waals surface area contributed by atoms with Gasteiger partial charge < -0.3 is 46.1 Å². The van der Waals surface area contributed by atoms with E-state index >= 15 is 0 Å². The highest BCUT2D eigenvalue weighted by Crippen LogP contribution is 2.29. The van der Waals surface area contributed by atoms with Crippen LogP contribution in [0.3, 0.4) is 0 Å². The second kappa shape index (κ2) is 17.2. The number of benzene rings is 2. The Labute approximate surface area is 273 Å². The van der Waals surface area contributed by atoms with Crippen molar-refractivity contribution in [3.05, 3.63) is 84.9 Å². The number of nitrogens with two attached hydrogens (primary N) is 2. The maximum absolute atomic E-state index is 6.29. The van der Waals surface area contributed by atoms with E-state index in [1.807, 2.05) is 36.4 Å². The van der Waals surface area contributed by atoms with Crippen molar-refractivity contribution in [3.63, 3.8) is 0 Å². The first-order valence-corrected chi connectivity index (χ1v) is 16.5. The summed E-state index contributed by atoms with van der Waals surface area (Å²) in [4.78, 5) is 9.26. The highest BCUT2D eigenvalue weighted by Gasteiger charge is 2.14. The van der Waals surface area contributed by atoms with Gasteiger partial charge in [0.05, 0.1) is 54.4 Å². The smallest absolute Gasteiger partial charge is 0.137 e. The van der Waals surface area contributed by atoms with E-state index in [2.05, 4.69) is 56.3 Å². The normalized spacial score (nSPS) is 14.6. The number of hydrogen-bond acceptors (Lipinski definition) is 10. The average molecular weight is 628 g/mol. The van der Waals surface area contributed by atoms with Gasteiger partial charge in [-0.1, -0.05) is 12.7 Å². The van der Waals surface area contributed by atoms with Crippen molar-refractivity contribution in [2.75, 3.05) is 91.1 Å². The fourth-order valence-electron chi connectivity index (χ4n) is 5.66. The molecule has 3 aromatic rings. The fourth-order valence-corrected chi connectivity index (χ4v) is 5.66. The Hall–Kier alpha value is -4.57. The topological polar surface area (TPSA) is 123 Å². The third-order valence-corrected chi connectivity index (χ3v) is 8.21. The number of ether oxygens (including phenoxy) is 3. The van der Waals surface area contributed by atoms with Gasteiger partial charge in [-0.3, -0.25) is 4.98 Å². The predicted molar refractivity (Wildman–Crippen MR) is 190 cm³/mol. The molecule has 3 heterocycles. The van der Waals surface area contributed by atoms with Gasteiger partial charge in [-0.05, 0) is 86.7 Å². The molecule has 46 heavy (non-hydrogen) atoms. The van der Waals surface area contributed by atoms with Crippen molar-refractivity contribution in [1.29, 1.82) is 0 Å². The summed E-state index contributed by atoms with van der Waals surface area (Å²) in [5, 5.41) is 6.79. The van der Waals surface area contributed by atoms with Gasteiger partial charge in [-0.15, -0.1) is 0 Å². The van der Waals surface area contributed by atoms with Crippen LogP contribution < -0.4 is 36.6 Å². The zero-order chi connectivity index (χ0) is 32.0. The zero-order valence-corrected chi connectivity index (χ0v) is 26.9. The van der Waals surface area contributed by atoms with Crippen molar-refractivity contribution in [2.24, 2.45) is 0 Å². The molecule has 2 aromatic carbocycles. The Morgan fingerprint density at radius 2 is 1.43 bits per heavy atom. The highest BCUT2D eigenvalue weighted by atomic mass is 16.5. The summed E-state index contributed by atoms with van der Waals surface area (Å²) in [6, 6.07) is 16.4. The average Bonchev–Trinajstić information content (AvgIpc) is 3.81. The molecule has 0 spiro atoms. The van der Waals surface area contributed by atoms with Gasteiger partial charge >= 0.3 is 0 Å². The van der Waals surface area contributed by atoms with Crippen molar-refractivity contribution < 1.29 is 14.2 Å². The van der Waals surface area contributed by atoms with E-state index in [0.717, 1.165) is 67.6 Å². The van der Waals surface area contributed by atoms with E-state index in [4.69, 9.17) is 25.7 Å². The number of hydrogen-bond donors (Lipinski definition) is 4. The zero-order valence-electron chi connectivity index (χ0n) is 26.9. The summed E-state index contributed by atoms with van der Waals surface area (Å²) in [6.07, 6.45) is 11.5. The molecule has 10 nitrogen and oxygen atoms in total. The monoisotopic (exact) mass is 627 g/mol. The van der Waals surface area contributed by atoms with Crippen molar-refractivity contribution >= 4 is 34.1 Å². The number of nitrogen functional groups attached to an aromatic ring is 2. The Bertz CT molecular complexity index is 1420. The van der Waals surface area contributed by atoms with Crippen LogP contribution in [0, 0.1) is 0 Å². The number of nitrogens with zero attached hydrogens (tertiary/aromatic N) is 3. The van der Waals surface area contributed by atoms with Gasteiger partial charge in [0.2, 0.25) is 0 Å². The minimum atomic E-state index is 0.427. The SMILES string of the molecule is C=C(/C=C\CCNc1ccc(N2CCCC2)cc1N)OCCOCCOc1ccc(CNc2ccc(N3CCCC3)cc2N)nc1. The minimum Gasteiger partial charge on any atom is -0.492 e. The van der Waals surface area contributed by atoms with Crippen LogP contribution in [0.25, 0.3) is 0 Å². The number of aromatic nitrogens is 1. The summed E-state index contributed by atoms with van der Waals surface area (Å²) < 4.78 is 17.0. The van der Waals surface area contributed by atoms with Crippen molar-refractivity contribution in [1.82, 2.24) is 4.98 Å². The predicted octanol–water partition coefficient (Wildman–Crippen LogP) is 6.04. The van der Waals surface area contributed by atoms with E-state index in [1.54, 1.807) is 6.20 Å². The lowest BCUT2D eigenvalue weighted by Gasteiger charge is -2.19. The number of anilines is 6. The molecular weight excluding hydrogens is 578 g/mol. The molecule has 0 atom stereocenters. The fraction of sp³-hybridized carbons (Fsp3) is 0.417. The Kier molecular flexibility index (Phi) is 12.3. The summed E-state index contributed by atoms with van der Waals surface area (Å²) in [7, 11) is 0. The van der Waals surface area contributed by atoms with Crippen molar-refractivity contribution in [2.45, 2.75) is 38.6 Å². The van der Waals surface area contributed by atoms with Crippen LogP contribution in [0.5, 0.6) is 5.75 Å². The van der Waals surface area contributed by atoms with Crippen LogP contribution in [0.2, 0.25) is 0 Å². The van der Waals surface area contributed by atoms with E-state index in [0.29, 0.717) is 44.5 Å². The summed E-state index contributed by atoms with van der Waals surface area (Å²) in [6.45, 7) is 11.5. The molecule has 0 radical (unpaired) electrons. The summed E-state index contributed by atoms with van der Waals surface area (Å²) >= 11 is 0. The van der Waals surface area contributed by atoms with Crippen LogP contribution in [0.15, 0.2) is 79.2 Å². The maximum atomic E-state index is 6.29. The van der Waals surface area contributed by atoms with Gasteiger partial charge in [0.15, 0.2) is 0 Å². The van der Waals surface area contributed by atoms with Gasteiger partial charge in [-0.25, -0.2) is 0 Å². The lowest BCUT2D eigenvalue weighted by molar-refractivity contribution is 0.0609. The van der Waals surface area contributed by atoms with Crippen LogP contribution in [0.1, 0.15) is 37.8 Å². The molecule has 2 fully saturated rings. The second-order valence-electron chi connectivity index (χ2n) is 11.7. The highest BCUT2D eigenvalue weighted by molar-refractivity contribution is 5.73. The molecule has 0 aliphatic carbocycles. The molecule has 6 N–H and O–H groups in total. The molecule has 0 unspecified atom stereocenters. The van der Waals surface area contributed by atoms with E-state index in [9.17, 15) is 0 Å². The van der Waals surface area contributed by atoms with Gasteiger partial charge in [-0.2, -0.15) is 0 Å². The number of rotatable bonds is 18. The lowest BCUT2D eigenvalue weighted by atomic mass is 10.2. The Morgan fingerprint density at radius 1 is 0.804 bits per heavy atom. The maximum Gasteiger partial charge on any atom is 0.137 e. The first-order valence-electron chi connectivity index (χ1n) is 16.5. The van der Waals surface area contributed by atoms with E-state index in [1.165, 1.54) is 37.1 Å². The van der Waals surface area contributed by atoms with Crippen LogP contribution >= 0.6 is 0 Å². The molecule has 10 heteroatoms. The first kappa shape index (κ1) is 32.8. The second-order valence-corrected chi connectivity index (χ2v) is 11.7. The Morgan fingerprint density at radius 3 is 2.04 bits per heavy atom. The van der Waals surface area contributed by atoms with Crippen LogP contribution in [-0.4, -0.2) is 64.1 Å². The third-order valence-electron chi connectivity index (χ3n) is 8.21. The molecule has 2 saturated heterocycles. The quantitative estimate of drug-likeness (QED) is 0.0574. The van der Waals surface area contributed by atoms with Crippen LogP contribution in [-0.2, 0) is 16.0 Å². The molecule has 246 valence electrons. The van der Waals surface area contributed by atoms with Crippen LogP contribution in [0.4, 0.5) is 34.1 Å². The minimum absolute atomic E-state index is 0.427. The lowest BCUT2D eigenvalue weighted by Crippen LogP contribution is -2.17. The number of pyridine rings is 1. The number of allylic oxidation sites excluding steroid dienone is 1. The molecule has 2 aliphatic heterocycles. The standard InChI is InChI=1S/C36H49N7O3/c1-28(8-2-3-15-39-35-13-10-30(24-33(35)37)42-16-4-5-17-42)45-22-20-44-21-23-46-32-12-9-29(40-27-32)26-41-36-14-11-31(25-34(36)38)43-18-6-7-19-43/h2,8-14,24-25,27,39,41H,1,3-7,15-23,26,37-38H2/b8-2-. The molecule has 2 aliphatic rings. The Balaban J connectivity index is 0.880. The largest absolute Gasteiger partial charge is 0.492 e. The molecule has 0 saturated carbocycles.